The Labute approximate surface area is 105 Å². The normalized spacial score (nSPS) is 22.3. The summed E-state index contributed by atoms with van der Waals surface area (Å²) in [7, 11) is 0. The van der Waals surface area contributed by atoms with Crippen LogP contribution in [-0.2, 0) is 0 Å². The number of benzene rings is 1. The lowest BCUT2D eigenvalue weighted by molar-refractivity contribution is 1.00. The smallest absolute Gasteiger partial charge is 0.0279 e. The van der Waals surface area contributed by atoms with Crippen LogP contribution in [0.4, 0.5) is 0 Å². The highest BCUT2D eigenvalue weighted by molar-refractivity contribution is 14.1. The molecule has 0 N–H and O–H groups in total. The summed E-state index contributed by atoms with van der Waals surface area (Å²) in [5.74, 6) is 0.424. The van der Waals surface area contributed by atoms with Gasteiger partial charge in [0.25, 0.3) is 0 Å². The molecule has 2 rings (SSSR count). The van der Waals surface area contributed by atoms with Crippen LogP contribution < -0.4 is 0 Å². The van der Waals surface area contributed by atoms with Crippen molar-refractivity contribution in [2.45, 2.75) is 12.8 Å². The number of allylic oxidation sites excluding steroid dienone is 6. The first kappa shape index (κ1) is 10.7. The number of hydrogen-bond donors (Lipinski definition) is 0. The second-order valence-electron chi connectivity index (χ2n) is 3.53. The molecule has 0 saturated carbocycles. The average molecular weight is 308 g/mol. The molecule has 0 radical (unpaired) electrons. The Morgan fingerprint density at radius 1 is 1.20 bits per heavy atom. The zero-order valence-electron chi connectivity index (χ0n) is 8.65. The summed E-state index contributed by atoms with van der Waals surface area (Å²) in [6, 6.07) is 8.56. The van der Waals surface area contributed by atoms with Crippen LogP contribution in [0.25, 0.3) is 0 Å². The second kappa shape index (κ2) is 4.79. The molecule has 1 aromatic rings. The van der Waals surface area contributed by atoms with Gasteiger partial charge in [0.15, 0.2) is 0 Å². The summed E-state index contributed by atoms with van der Waals surface area (Å²) in [5, 5.41) is 0. The lowest BCUT2D eigenvalue weighted by atomic mass is 9.88. The van der Waals surface area contributed by atoms with E-state index in [2.05, 4.69) is 84.2 Å². The maximum Gasteiger partial charge on any atom is 0.0279 e. The van der Waals surface area contributed by atoms with E-state index in [1.54, 1.807) is 0 Å². The van der Waals surface area contributed by atoms with Crippen molar-refractivity contribution in [3.05, 3.63) is 69.4 Å². The summed E-state index contributed by atoms with van der Waals surface area (Å²) >= 11 is 2.40. The van der Waals surface area contributed by atoms with E-state index in [1.165, 1.54) is 14.7 Å². The molecular weight excluding hydrogens is 295 g/mol. The van der Waals surface area contributed by atoms with Gasteiger partial charge in [-0.1, -0.05) is 48.6 Å². The monoisotopic (exact) mass is 308 g/mol. The Morgan fingerprint density at radius 3 is 2.73 bits per heavy atom. The zero-order valence-corrected chi connectivity index (χ0v) is 10.8. The van der Waals surface area contributed by atoms with Crippen molar-refractivity contribution in [3.8, 4) is 0 Å². The molecular formula is C14H13I. The van der Waals surface area contributed by atoms with Crippen LogP contribution in [0, 0.1) is 3.57 Å². The van der Waals surface area contributed by atoms with Crippen molar-refractivity contribution in [2.24, 2.45) is 0 Å². The highest BCUT2D eigenvalue weighted by Crippen LogP contribution is 2.32. The first-order valence-corrected chi connectivity index (χ1v) is 6.16. The SMILES string of the molecule is C/C=C1/C=CC=CC1c1ccccc1I. The summed E-state index contributed by atoms with van der Waals surface area (Å²) in [4.78, 5) is 0. The molecule has 1 heteroatoms. The van der Waals surface area contributed by atoms with Crippen LogP contribution >= 0.6 is 22.6 Å². The molecule has 0 spiro atoms. The van der Waals surface area contributed by atoms with Gasteiger partial charge in [0.2, 0.25) is 0 Å². The van der Waals surface area contributed by atoms with Gasteiger partial charge in [0.05, 0.1) is 0 Å². The van der Waals surface area contributed by atoms with Gasteiger partial charge in [-0.25, -0.2) is 0 Å². The lowest BCUT2D eigenvalue weighted by Crippen LogP contribution is -2.02. The van der Waals surface area contributed by atoms with E-state index < -0.39 is 0 Å². The van der Waals surface area contributed by atoms with E-state index in [4.69, 9.17) is 0 Å². The van der Waals surface area contributed by atoms with E-state index in [0.29, 0.717) is 5.92 Å². The molecule has 0 fully saturated rings. The largest absolute Gasteiger partial charge is 0.0835 e. The molecule has 0 amide bonds. The summed E-state index contributed by atoms with van der Waals surface area (Å²) in [6.45, 7) is 2.10. The maximum absolute atomic E-state index is 2.40. The van der Waals surface area contributed by atoms with Crippen LogP contribution in [0.3, 0.4) is 0 Å². The molecule has 1 aromatic carbocycles. The maximum atomic E-state index is 2.40. The first-order valence-electron chi connectivity index (χ1n) is 5.08. The minimum atomic E-state index is 0.424. The van der Waals surface area contributed by atoms with Gasteiger partial charge in [-0.15, -0.1) is 0 Å². The van der Waals surface area contributed by atoms with Gasteiger partial charge in [-0.2, -0.15) is 0 Å². The van der Waals surface area contributed by atoms with Crippen LogP contribution in [-0.4, -0.2) is 0 Å². The highest BCUT2D eigenvalue weighted by atomic mass is 127. The van der Waals surface area contributed by atoms with Gasteiger partial charge < -0.3 is 0 Å². The Bertz CT molecular complexity index is 438. The third kappa shape index (κ3) is 2.23. The van der Waals surface area contributed by atoms with Crippen molar-refractivity contribution in [2.75, 3.05) is 0 Å². The van der Waals surface area contributed by atoms with Crippen LogP contribution in [0.5, 0.6) is 0 Å². The van der Waals surface area contributed by atoms with Gasteiger partial charge in [0.1, 0.15) is 0 Å². The van der Waals surface area contributed by atoms with Gasteiger partial charge in [-0.05, 0) is 46.7 Å². The summed E-state index contributed by atoms with van der Waals surface area (Å²) < 4.78 is 1.33. The van der Waals surface area contributed by atoms with Gasteiger partial charge >= 0.3 is 0 Å². The Balaban J connectivity index is 2.43. The van der Waals surface area contributed by atoms with Crippen molar-refractivity contribution in [1.29, 1.82) is 0 Å². The quantitative estimate of drug-likeness (QED) is 0.673. The van der Waals surface area contributed by atoms with E-state index in [9.17, 15) is 0 Å². The molecule has 1 atom stereocenters. The molecule has 0 saturated heterocycles. The molecule has 0 bridgehead atoms. The van der Waals surface area contributed by atoms with E-state index in [-0.39, 0.29) is 0 Å². The second-order valence-corrected chi connectivity index (χ2v) is 4.69. The lowest BCUT2D eigenvalue weighted by Gasteiger charge is -2.18. The molecule has 1 aliphatic rings. The van der Waals surface area contributed by atoms with Crippen molar-refractivity contribution in [3.63, 3.8) is 0 Å². The van der Waals surface area contributed by atoms with Crippen molar-refractivity contribution in [1.82, 2.24) is 0 Å². The number of hydrogen-bond acceptors (Lipinski definition) is 0. The van der Waals surface area contributed by atoms with Crippen molar-refractivity contribution < 1.29 is 0 Å². The predicted molar refractivity (Wildman–Crippen MR) is 73.9 cm³/mol. The standard InChI is InChI=1S/C14H13I/c1-2-11-7-3-4-8-12(11)13-9-5-6-10-14(13)15/h2-10,12H,1H3/b11-2-. The Morgan fingerprint density at radius 2 is 2.00 bits per heavy atom. The third-order valence-corrected chi connectivity index (χ3v) is 3.62. The van der Waals surface area contributed by atoms with Crippen LogP contribution in [0.2, 0.25) is 0 Å². The molecule has 1 aliphatic carbocycles. The molecule has 15 heavy (non-hydrogen) atoms. The minimum absolute atomic E-state index is 0.424. The fourth-order valence-electron chi connectivity index (χ4n) is 1.84. The fraction of sp³-hybridized carbons (Fsp3) is 0.143. The first-order chi connectivity index (χ1) is 7.33. The molecule has 0 heterocycles. The summed E-state index contributed by atoms with van der Waals surface area (Å²) in [6.07, 6.45) is 10.9. The molecule has 0 aromatic heterocycles. The van der Waals surface area contributed by atoms with Crippen LogP contribution in [0.1, 0.15) is 18.4 Å². The number of rotatable bonds is 1. The highest BCUT2D eigenvalue weighted by Gasteiger charge is 2.14. The average Bonchev–Trinajstić information content (AvgIpc) is 2.30. The third-order valence-electron chi connectivity index (χ3n) is 2.64. The Kier molecular flexibility index (Phi) is 3.41. The van der Waals surface area contributed by atoms with E-state index >= 15 is 0 Å². The van der Waals surface area contributed by atoms with Crippen LogP contribution in [0.15, 0.2) is 60.2 Å². The van der Waals surface area contributed by atoms with Gasteiger partial charge in [0, 0.05) is 9.49 Å². The summed E-state index contributed by atoms with van der Waals surface area (Å²) in [5.41, 5.74) is 2.77. The Hall–Kier alpha value is -0.830. The number of halogens is 1. The zero-order chi connectivity index (χ0) is 10.7. The molecule has 1 unspecified atom stereocenters. The molecule has 0 nitrogen and oxygen atoms in total. The van der Waals surface area contributed by atoms with Gasteiger partial charge in [-0.3, -0.25) is 0 Å². The van der Waals surface area contributed by atoms with E-state index in [1.807, 2.05) is 0 Å². The fourth-order valence-corrected chi connectivity index (χ4v) is 2.57. The predicted octanol–water partition coefficient (Wildman–Crippen LogP) is 4.45. The van der Waals surface area contributed by atoms with E-state index in [0.717, 1.165) is 0 Å². The molecule has 76 valence electrons. The molecule has 0 aliphatic heterocycles. The topological polar surface area (TPSA) is 0 Å². The minimum Gasteiger partial charge on any atom is -0.0835 e. The van der Waals surface area contributed by atoms with Crippen molar-refractivity contribution >= 4 is 22.6 Å².